The molecule has 2 N–H and O–H groups in total. The molecule has 0 heterocycles. The van der Waals surface area contributed by atoms with E-state index in [0.29, 0.717) is 0 Å². The van der Waals surface area contributed by atoms with Gasteiger partial charge in [0, 0.05) is 11.1 Å². The third kappa shape index (κ3) is 1.30. The van der Waals surface area contributed by atoms with Crippen molar-refractivity contribution >= 4 is 16.5 Å². The maximum Gasteiger partial charge on any atom is 0.0426 e. The van der Waals surface area contributed by atoms with Crippen molar-refractivity contribution in [3.8, 4) is 0 Å². The molecule has 0 spiro atoms. The standard InChI is InChI=1S/C14H17N/c1-8-6-5-7-12-13(8)10(3)9(2)11(4)14(12)15/h5-7H,15H2,1-4H3. The summed E-state index contributed by atoms with van der Waals surface area (Å²) in [5.74, 6) is 0. The lowest BCUT2D eigenvalue weighted by Crippen LogP contribution is -1.98. The quantitative estimate of drug-likeness (QED) is 0.644. The Morgan fingerprint density at radius 3 is 2.20 bits per heavy atom. The third-order valence-corrected chi connectivity index (χ3v) is 3.47. The smallest absolute Gasteiger partial charge is 0.0426 e. The molecule has 15 heavy (non-hydrogen) atoms. The van der Waals surface area contributed by atoms with Crippen LogP contribution in [0.4, 0.5) is 5.69 Å². The number of hydrogen-bond acceptors (Lipinski definition) is 1. The molecular weight excluding hydrogens is 182 g/mol. The van der Waals surface area contributed by atoms with Crippen LogP contribution in [0.3, 0.4) is 0 Å². The molecule has 2 rings (SSSR count). The fourth-order valence-electron chi connectivity index (χ4n) is 2.26. The Kier molecular flexibility index (Phi) is 2.18. The van der Waals surface area contributed by atoms with Gasteiger partial charge in [0.1, 0.15) is 0 Å². The molecule has 0 aliphatic rings. The number of anilines is 1. The zero-order valence-electron chi connectivity index (χ0n) is 9.81. The van der Waals surface area contributed by atoms with Crippen molar-refractivity contribution in [2.45, 2.75) is 27.7 Å². The maximum atomic E-state index is 6.16. The summed E-state index contributed by atoms with van der Waals surface area (Å²) in [4.78, 5) is 0. The number of nitrogens with two attached hydrogens (primary N) is 1. The van der Waals surface area contributed by atoms with E-state index in [0.717, 1.165) is 5.69 Å². The van der Waals surface area contributed by atoms with Crippen molar-refractivity contribution in [3.63, 3.8) is 0 Å². The lowest BCUT2D eigenvalue weighted by Gasteiger charge is -2.15. The van der Waals surface area contributed by atoms with Crippen LogP contribution in [0, 0.1) is 27.7 Å². The average Bonchev–Trinajstić information content (AvgIpc) is 2.23. The molecular formula is C14H17N. The van der Waals surface area contributed by atoms with E-state index < -0.39 is 0 Å². The van der Waals surface area contributed by atoms with Crippen molar-refractivity contribution < 1.29 is 0 Å². The molecule has 2 aromatic carbocycles. The van der Waals surface area contributed by atoms with Crippen LogP contribution in [0.15, 0.2) is 18.2 Å². The van der Waals surface area contributed by atoms with E-state index in [1.165, 1.54) is 33.0 Å². The second-order valence-corrected chi connectivity index (χ2v) is 4.29. The second kappa shape index (κ2) is 3.27. The Bertz CT molecular complexity index is 539. The van der Waals surface area contributed by atoms with Crippen LogP contribution in [-0.4, -0.2) is 0 Å². The number of aryl methyl sites for hydroxylation is 2. The molecule has 2 aromatic rings. The van der Waals surface area contributed by atoms with E-state index in [4.69, 9.17) is 5.73 Å². The Labute approximate surface area is 90.9 Å². The van der Waals surface area contributed by atoms with E-state index in [9.17, 15) is 0 Å². The first-order valence-electron chi connectivity index (χ1n) is 5.28. The first kappa shape index (κ1) is 10.0. The molecule has 1 nitrogen and oxygen atoms in total. The summed E-state index contributed by atoms with van der Waals surface area (Å²) in [5, 5.41) is 2.51. The van der Waals surface area contributed by atoms with Crippen molar-refractivity contribution in [1.29, 1.82) is 0 Å². The summed E-state index contributed by atoms with van der Waals surface area (Å²) in [6.45, 7) is 8.56. The molecule has 0 aromatic heterocycles. The van der Waals surface area contributed by atoms with E-state index >= 15 is 0 Å². The van der Waals surface area contributed by atoms with Gasteiger partial charge in [0.25, 0.3) is 0 Å². The Morgan fingerprint density at radius 1 is 0.867 bits per heavy atom. The van der Waals surface area contributed by atoms with Crippen LogP contribution in [0.2, 0.25) is 0 Å². The summed E-state index contributed by atoms with van der Waals surface area (Å²) in [6, 6.07) is 6.32. The molecule has 0 amide bonds. The predicted molar refractivity (Wildman–Crippen MR) is 67.3 cm³/mol. The Morgan fingerprint density at radius 2 is 1.53 bits per heavy atom. The topological polar surface area (TPSA) is 26.0 Å². The second-order valence-electron chi connectivity index (χ2n) is 4.29. The molecule has 78 valence electrons. The molecule has 0 radical (unpaired) electrons. The Balaban J connectivity index is 3.08. The first-order chi connectivity index (χ1) is 7.04. The van der Waals surface area contributed by atoms with Crippen molar-refractivity contribution in [2.75, 3.05) is 5.73 Å². The number of fused-ring (bicyclic) bond motifs is 1. The highest BCUT2D eigenvalue weighted by Crippen LogP contribution is 2.32. The van der Waals surface area contributed by atoms with Crippen LogP contribution in [-0.2, 0) is 0 Å². The fourth-order valence-corrected chi connectivity index (χ4v) is 2.26. The van der Waals surface area contributed by atoms with Crippen LogP contribution in [0.25, 0.3) is 10.8 Å². The number of benzene rings is 2. The lowest BCUT2D eigenvalue weighted by atomic mass is 9.92. The van der Waals surface area contributed by atoms with Gasteiger partial charge in [-0.1, -0.05) is 18.2 Å². The third-order valence-electron chi connectivity index (χ3n) is 3.47. The molecule has 0 fully saturated rings. The molecule has 0 saturated carbocycles. The van der Waals surface area contributed by atoms with Gasteiger partial charge in [-0.15, -0.1) is 0 Å². The van der Waals surface area contributed by atoms with Gasteiger partial charge < -0.3 is 5.73 Å². The van der Waals surface area contributed by atoms with Crippen molar-refractivity contribution in [2.24, 2.45) is 0 Å². The number of nitrogen functional groups attached to an aromatic ring is 1. The minimum atomic E-state index is 0.928. The predicted octanol–water partition coefficient (Wildman–Crippen LogP) is 3.66. The van der Waals surface area contributed by atoms with Gasteiger partial charge in [0.15, 0.2) is 0 Å². The van der Waals surface area contributed by atoms with Gasteiger partial charge in [-0.25, -0.2) is 0 Å². The number of hydrogen-bond donors (Lipinski definition) is 1. The van der Waals surface area contributed by atoms with E-state index in [1.54, 1.807) is 0 Å². The van der Waals surface area contributed by atoms with Gasteiger partial charge >= 0.3 is 0 Å². The zero-order chi connectivity index (χ0) is 11.2. The minimum Gasteiger partial charge on any atom is -0.398 e. The molecule has 0 aliphatic carbocycles. The molecule has 1 heteroatoms. The van der Waals surface area contributed by atoms with Crippen LogP contribution in [0.1, 0.15) is 22.3 Å². The van der Waals surface area contributed by atoms with E-state index in [1.807, 2.05) is 0 Å². The van der Waals surface area contributed by atoms with Gasteiger partial charge in [0.05, 0.1) is 0 Å². The summed E-state index contributed by atoms with van der Waals surface area (Å²) in [5.41, 5.74) is 12.3. The lowest BCUT2D eigenvalue weighted by molar-refractivity contribution is 1.29. The first-order valence-corrected chi connectivity index (χ1v) is 5.28. The highest BCUT2D eigenvalue weighted by molar-refractivity contribution is 5.99. The summed E-state index contributed by atoms with van der Waals surface area (Å²) in [6.07, 6.45) is 0. The normalized spacial score (nSPS) is 10.9. The largest absolute Gasteiger partial charge is 0.398 e. The van der Waals surface area contributed by atoms with E-state index in [2.05, 4.69) is 45.9 Å². The van der Waals surface area contributed by atoms with Crippen LogP contribution >= 0.6 is 0 Å². The molecule has 0 bridgehead atoms. The summed E-state index contributed by atoms with van der Waals surface area (Å²) < 4.78 is 0. The monoisotopic (exact) mass is 199 g/mol. The van der Waals surface area contributed by atoms with Gasteiger partial charge in [0.2, 0.25) is 0 Å². The van der Waals surface area contributed by atoms with Crippen molar-refractivity contribution in [1.82, 2.24) is 0 Å². The van der Waals surface area contributed by atoms with Gasteiger partial charge in [-0.05, 0) is 55.3 Å². The minimum absolute atomic E-state index is 0.928. The van der Waals surface area contributed by atoms with E-state index in [-0.39, 0.29) is 0 Å². The molecule has 0 saturated heterocycles. The SMILES string of the molecule is Cc1c(C)c(C)c2c(C)cccc2c1N. The summed E-state index contributed by atoms with van der Waals surface area (Å²) >= 11 is 0. The average molecular weight is 199 g/mol. The van der Waals surface area contributed by atoms with Crippen LogP contribution in [0.5, 0.6) is 0 Å². The van der Waals surface area contributed by atoms with Crippen molar-refractivity contribution in [3.05, 3.63) is 40.5 Å². The molecule has 0 atom stereocenters. The maximum absolute atomic E-state index is 6.16. The molecule has 0 aliphatic heterocycles. The van der Waals surface area contributed by atoms with Crippen LogP contribution < -0.4 is 5.73 Å². The molecule has 0 unspecified atom stereocenters. The highest BCUT2D eigenvalue weighted by atomic mass is 14.6. The fraction of sp³-hybridized carbons (Fsp3) is 0.286. The van der Waals surface area contributed by atoms with Gasteiger partial charge in [-0.3, -0.25) is 0 Å². The van der Waals surface area contributed by atoms with Gasteiger partial charge in [-0.2, -0.15) is 0 Å². The zero-order valence-corrected chi connectivity index (χ0v) is 9.81. The number of rotatable bonds is 0. The summed E-state index contributed by atoms with van der Waals surface area (Å²) in [7, 11) is 0. The Hall–Kier alpha value is -1.50. The highest BCUT2D eigenvalue weighted by Gasteiger charge is 2.10.